The fourth-order valence-corrected chi connectivity index (χ4v) is 1.87. The predicted octanol–water partition coefficient (Wildman–Crippen LogP) is 0.862. The van der Waals surface area contributed by atoms with Crippen LogP contribution in [0.25, 0.3) is 0 Å². The third kappa shape index (κ3) is 1.16. The van der Waals surface area contributed by atoms with Gasteiger partial charge in [-0.3, -0.25) is 0 Å². The Hall–Kier alpha value is 0.270. The van der Waals surface area contributed by atoms with Crippen LogP contribution in [0.5, 0.6) is 0 Å². The van der Waals surface area contributed by atoms with Gasteiger partial charge in [0.25, 0.3) is 0 Å². The molecule has 0 bridgehead atoms. The number of hydrazine groups is 1. The smallest absolute Gasteiger partial charge is 0.0681 e. The van der Waals surface area contributed by atoms with E-state index >= 15 is 0 Å². The van der Waals surface area contributed by atoms with Gasteiger partial charge in [0, 0.05) is 7.05 Å². The van der Waals surface area contributed by atoms with Gasteiger partial charge in [0.1, 0.15) is 0 Å². The van der Waals surface area contributed by atoms with E-state index in [-0.39, 0.29) is 0 Å². The first-order chi connectivity index (χ1) is 3.70. The van der Waals surface area contributed by atoms with Crippen LogP contribution in [0.4, 0.5) is 0 Å². The summed E-state index contributed by atoms with van der Waals surface area (Å²) in [6.07, 6.45) is 0. The van der Waals surface area contributed by atoms with Gasteiger partial charge < -0.3 is 0 Å². The molecule has 0 saturated carbocycles. The molecule has 8 heavy (non-hydrogen) atoms. The molecule has 3 heteroatoms. The monoisotopic (exact) mass is 132 g/mol. The van der Waals surface area contributed by atoms with Crippen molar-refractivity contribution in [3.05, 3.63) is 0 Å². The largest absolute Gasteiger partial charge is 0.242 e. The molecular formula is C5H12N2S. The molecule has 0 aromatic heterocycles. The number of thioether (sulfide) groups is 1. The van der Waals surface area contributed by atoms with E-state index in [1.54, 1.807) is 0 Å². The SMILES string of the molecule is CC1NN(C)C(C)S1. The van der Waals surface area contributed by atoms with Crippen LogP contribution >= 0.6 is 11.8 Å². The second kappa shape index (κ2) is 2.25. The molecule has 1 fully saturated rings. The maximum Gasteiger partial charge on any atom is 0.0681 e. The summed E-state index contributed by atoms with van der Waals surface area (Å²) in [6.45, 7) is 4.37. The molecule has 2 atom stereocenters. The van der Waals surface area contributed by atoms with Gasteiger partial charge in [-0.05, 0) is 13.8 Å². The lowest BCUT2D eigenvalue weighted by Gasteiger charge is -2.11. The summed E-state index contributed by atoms with van der Waals surface area (Å²) in [5.74, 6) is 0. The van der Waals surface area contributed by atoms with Crippen LogP contribution in [0.3, 0.4) is 0 Å². The van der Waals surface area contributed by atoms with Crippen LogP contribution < -0.4 is 5.43 Å². The molecule has 48 valence electrons. The molecule has 1 N–H and O–H groups in total. The molecule has 1 aliphatic rings. The zero-order valence-corrected chi connectivity index (χ0v) is 6.33. The highest BCUT2D eigenvalue weighted by Gasteiger charge is 2.21. The van der Waals surface area contributed by atoms with Gasteiger partial charge in [0.2, 0.25) is 0 Å². The van der Waals surface area contributed by atoms with Crippen LogP contribution in [-0.2, 0) is 0 Å². The average Bonchev–Trinajstić information content (AvgIpc) is 1.85. The van der Waals surface area contributed by atoms with Crippen LogP contribution in [0.2, 0.25) is 0 Å². The maximum absolute atomic E-state index is 3.26. The summed E-state index contributed by atoms with van der Waals surface area (Å²) < 4.78 is 0. The van der Waals surface area contributed by atoms with E-state index in [1.807, 2.05) is 11.8 Å². The Balaban J connectivity index is 2.39. The van der Waals surface area contributed by atoms with Crippen LogP contribution in [0, 0.1) is 0 Å². The Kier molecular flexibility index (Phi) is 1.80. The zero-order valence-electron chi connectivity index (χ0n) is 5.51. The molecule has 2 unspecified atom stereocenters. The van der Waals surface area contributed by atoms with Gasteiger partial charge in [-0.1, -0.05) is 0 Å². The standard InChI is InChI=1S/C5H12N2S/c1-4-6-7(3)5(2)8-4/h4-6H,1-3H3. The van der Waals surface area contributed by atoms with Crippen LogP contribution in [0.15, 0.2) is 0 Å². The lowest BCUT2D eigenvalue weighted by Crippen LogP contribution is -2.33. The molecule has 0 aliphatic carbocycles. The Morgan fingerprint density at radius 3 is 2.25 bits per heavy atom. The van der Waals surface area contributed by atoms with Gasteiger partial charge in [0.05, 0.1) is 10.7 Å². The molecule has 1 rings (SSSR count). The fourth-order valence-electron chi connectivity index (χ4n) is 0.809. The first-order valence-corrected chi connectivity index (χ1v) is 3.79. The number of rotatable bonds is 0. The minimum Gasteiger partial charge on any atom is -0.242 e. The minimum atomic E-state index is 0.593. The predicted molar refractivity (Wildman–Crippen MR) is 37.4 cm³/mol. The number of nitrogens with one attached hydrogen (secondary N) is 1. The quantitative estimate of drug-likeness (QED) is 0.526. The second-order valence-corrected chi connectivity index (χ2v) is 3.78. The Morgan fingerprint density at radius 1 is 1.50 bits per heavy atom. The Bertz CT molecular complexity index is 76.5. The number of hydrogen-bond acceptors (Lipinski definition) is 3. The lowest BCUT2D eigenvalue weighted by molar-refractivity contribution is 0.249. The van der Waals surface area contributed by atoms with Crippen molar-refractivity contribution in [2.75, 3.05) is 7.05 Å². The van der Waals surface area contributed by atoms with Crippen molar-refractivity contribution in [1.29, 1.82) is 0 Å². The lowest BCUT2D eigenvalue weighted by atomic mass is 10.7. The average molecular weight is 132 g/mol. The highest BCUT2D eigenvalue weighted by Crippen LogP contribution is 2.23. The van der Waals surface area contributed by atoms with Gasteiger partial charge in [0.15, 0.2) is 0 Å². The highest BCUT2D eigenvalue weighted by atomic mass is 32.2. The van der Waals surface area contributed by atoms with Crippen molar-refractivity contribution in [3.63, 3.8) is 0 Å². The van der Waals surface area contributed by atoms with Gasteiger partial charge >= 0.3 is 0 Å². The summed E-state index contributed by atoms with van der Waals surface area (Å²) >= 11 is 1.94. The third-order valence-corrected chi connectivity index (χ3v) is 2.56. The summed E-state index contributed by atoms with van der Waals surface area (Å²) in [6, 6.07) is 0. The van der Waals surface area contributed by atoms with Crippen LogP contribution in [-0.4, -0.2) is 22.8 Å². The first-order valence-electron chi connectivity index (χ1n) is 2.84. The fraction of sp³-hybridized carbons (Fsp3) is 1.00. The van der Waals surface area contributed by atoms with Crippen molar-refractivity contribution in [2.45, 2.75) is 24.6 Å². The topological polar surface area (TPSA) is 15.3 Å². The van der Waals surface area contributed by atoms with E-state index in [4.69, 9.17) is 0 Å². The second-order valence-electron chi connectivity index (χ2n) is 2.12. The van der Waals surface area contributed by atoms with Crippen LogP contribution in [0.1, 0.15) is 13.8 Å². The molecule has 0 amide bonds. The molecule has 0 aromatic carbocycles. The van der Waals surface area contributed by atoms with E-state index in [0.29, 0.717) is 10.7 Å². The third-order valence-electron chi connectivity index (χ3n) is 1.33. The summed E-state index contributed by atoms with van der Waals surface area (Å²) in [7, 11) is 2.07. The van der Waals surface area contributed by atoms with Crippen molar-refractivity contribution in [2.24, 2.45) is 0 Å². The van der Waals surface area contributed by atoms with Crippen molar-refractivity contribution in [1.82, 2.24) is 10.4 Å². The number of nitrogens with zero attached hydrogens (tertiary/aromatic N) is 1. The van der Waals surface area contributed by atoms with Crippen molar-refractivity contribution < 1.29 is 0 Å². The Morgan fingerprint density at radius 2 is 2.12 bits per heavy atom. The maximum atomic E-state index is 3.26. The van der Waals surface area contributed by atoms with E-state index < -0.39 is 0 Å². The van der Waals surface area contributed by atoms with E-state index in [0.717, 1.165) is 0 Å². The minimum absolute atomic E-state index is 0.593. The van der Waals surface area contributed by atoms with E-state index in [1.165, 1.54) is 0 Å². The normalized spacial score (nSPS) is 40.9. The van der Waals surface area contributed by atoms with Gasteiger partial charge in [-0.2, -0.15) is 0 Å². The van der Waals surface area contributed by atoms with E-state index in [2.05, 4.69) is 31.3 Å². The summed E-state index contributed by atoms with van der Waals surface area (Å²) in [4.78, 5) is 0. The first kappa shape index (κ1) is 6.39. The summed E-state index contributed by atoms with van der Waals surface area (Å²) in [5.41, 5.74) is 3.26. The molecular weight excluding hydrogens is 120 g/mol. The zero-order chi connectivity index (χ0) is 6.15. The molecule has 1 heterocycles. The Labute approximate surface area is 54.6 Å². The molecule has 0 radical (unpaired) electrons. The van der Waals surface area contributed by atoms with Gasteiger partial charge in [-0.15, -0.1) is 11.8 Å². The molecule has 1 aliphatic heterocycles. The van der Waals surface area contributed by atoms with Gasteiger partial charge in [-0.25, -0.2) is 10.4 Å². The van der Waals surface area contributed by atoms with Crippen molar-refractivity contribution in [3.8, 4) is 0 Å². The summed E-state index contributed by atoms with van der Waals surface area (Å²) in [5, 5.41) is 3.36. The van der Waals surface area contributed by atoms with E-state index in [9.17, 15) is 0 Å². The van der Waals surface area contributed by atoms with Crippen molar-refractivity contribution >= 4 is 11.8 Å². The molecule has 2 nitrogen and oxygen atoms in total. The molecule has 1 saturated heterocycles. The molecule has 0 spiro atoms. The highest BCUT2D eigenvalue weighted by molar-refractivity contribution is 8.00. The number of hydrogen-bond donors (Lipinski definition) is 1. The molecule has 0 aromatic rings.